The number of rotatable bonds is 10. The summed E-state index contributed by atoms with van der Waals surface area (Å²) in [7, 11) is 0. The zero-order chi connectivity index (χ0) is 22.1. The molecule has 0 radical (unpaired) electrons. The maximum atomic E-state index is 13.1. The number of carbonyl (C=O) groups is 2. The standard InChI is InChI=1S/C25H34N2O3/c1-6-22(25(29)26-7-2)27(14-13-21-11-9-8-10-12-21)24(28)17-30-23-16-18(3)15-19(4)20(23)5/h8-12,15-16,22H,6-7,13-14,17H2,1-5H3,(H,26,29)/t22-/m0/s1. The van der Waals surface area contributed by atoms with Crippen molar-refractivity contribution >= 4 is 11.8 Å². The Labute approximate surface area is 180 Å². The zero-order valence-corrected chi connectivity index (χ0v) is 18.8. The van der Waals surface area contributed by atoms with Gasteiger partial charge in [0.05, 0.1) is 0 Å². The van der Waals surface area contributed by atoms with E-state index in [0.717, 1.165) is 28.0 Å². The van der Waals surface area contributed by atoms with E-state index in [9.17, 15) is 9.59 Å². The molecule has 0 spiro atoms. The molecule has 0 saturated heterocycles. The first kappa shape index (κ1) is 23.5. The summed E-state index contributed by atoms with van der Waals surface area (Å²) in [5.74, 6) is 0.418. The number of likely N-dealkylation sites (N-methyl/N-ethyl adjacent to an activating group) is 1. The van der Waals surface area contributed by atoms with Crippen molar-refractivity contribution < 1.29 is 14.3 Å². The summed E-state index contributed by atoms with van der Waals surface area (Å²) in [4.78, 5) is 27.4. The van der Waals surface area contributed by atoms with Gasteiger partial charge in [-0.2, -0.15) is 0 Å². The molecule has 30 heavy (non-hydrogen) atoms. The molecule has 0 fully saturated rings. The minimum Gasteiger partial charge on any atom is -0.483 e. The number of benzene rings is 2. The Morgan fingerprint density at radius 3 is 2.40 bits per heavy atom. The highest BCUT2D eigenvalue weighted by Crippen LogP contribution is 2.23. The predicted molar refractivity (Wildman–Crippen MR) is 121 cm³/mol. The summed E-state index contributed by atoms with van der Waals surface area (Å²) in [5.41, 5.74) is 4.38. The van der Waals surface area contributed by atoms with Crippen LogP contribution in [0.2, 0.25) is 0 Å². The van der Waals surface area contributed by atoms with Crippen molar-refractivity contribution in [2.24, 2.45) is 0 Å². The third kappa shape index (κ3) is 6.34. The predicted octanol–water partition coefficient (Wildman–Crippen LogP) is 3.98. The highest BCUT2D eigenvalue weighted by molar-refractivity contribution is 5.88. The molecule has 0 heterocycles. The van der Waals surface area contributed by atoms with Crippen LogP contribution in [0.15, 0.2) is 42.5 Å². The van der Waals surface area contributed by atoms with Crippen LogP contribution in [-0.4, -0.2) is 42.5 Å². The Morgan fingerprint density at radius 2 is 1.77 bits per heavy atom. The lowest BCUT2D eigenvalue weighted by Gasteiger charge is -2.30. The summed E-state index contributed by atoms with van der Waals surface area (Å²) >= 11 is 0. The lowest BCUT2D eigenvalue weighted by Crippen LogP contribution is -2.51. The van der Waals surface area contributed by atoms with E-state index >= 15 is 0 Å². The van der Waals surface area contributed by atoms with E-state index in [4.69, 9.17) is 4.74 Å². The Morgan fingerprint density at radius 1 is 1.07 bits per heavy atom. The Balaban J connectivity index is 2.17. The van der Waals surface area contributed by atoms with Crippen LogP contribution in [0.5, 0.6) is 5.75 Å². The molecule has 5 nitrogen and oxygen atoms in total. The molecule has 2 rings (SSSR count). The second kappa shape index (κ2) is 11.4. The fourth-order valence-electron chi connectivity index (χ4n) is 3.56. The van der Waals surface area contributed by atoms with Gasteiger partial charge in [0.25, 0.3) is 5.91 Å². The first-order valence-corrected chi connectivity index (χ1v) is 10.7. The van der Waals surface area contributed by atoms with Gasteiger partial charge < -0.3 is 15.0 Å². The van der Waals surface area contributed by atoms with Crippen LogP contribution < -0.4 is 10.1 Å². The van der Waals surface area contributed by atoms with E-state index in [1.165, 1.54) is 0 Å². The van der Waals surface area contributed by atoms with E-state index < -0.39 is 6.04 Å². The number of hydrogen-bond acceptors (Lipinski definition) is 3. The highest BCUT2D eigenvalue weighted by atomic mass is 16.5. The topological polar surface area (TPSA) is 58.6 Å². The molecule has 0 saturated carbocycles. The summed E-state index contributed by atoms with van der Waals surface area (Å²) in [6.45, 7) is 10.8. The summed E-state index contributed by atoms with van der Waals surface area (Å²) < 4.78 is 5.90. The average molecular weight is 411 g/mol. The molecule has 0 aliphatic heterocycles. The molecular weight excluding hydrogens is 376 g/mol. The fourth-order valence-corrected chi connectivity index (χ4v) is 3.56. The molecule has 0 unspecified atom stereocenters. The van der Waals surface area contributed by atoms with E-state index in [0.29, 0.717) is 25.9 Å². The van der Waals surface area contributed by atoms with Crippen molar-refractivity contribution in [1.82, 2.24) is 10.2 Å². The van der Waals surface area contributed by atoms with Crippen LogP contribution in [-0.2, 0) is 16.0 Å². The quantitative estimate of drug-likeness (QED) is 0.645. The van der Waals surface area contributed by atoms with Crippen molar-refractivity contribution in [2.75, 3.05) is 19.7 Å². The number of carbonyl (C=O) groups excluding carboxylic acids is 2. The second-order valence-corrected chi connectivity index (χ2v) is 7.63. The summed E-state index contributed by atoms with van der Waals surface area (Å²) in [5, 5.41) is 2.85. The smallest absolute Gasteiger partial charge is 0.261 e. The SMILES string of the molecule is CCNC(=O)[C@H](CC)N(CCc1ccccc1)C(=O)COc1cc(C)cc(C)c1C. The molecule has 162 valence electrons. The van der Waals surface area contributed by atoms with Gasteiger partial charge in [-0.05, 0) is 68.9 Å². The van der Waals surface area contributed by atoms with Crippen molar-refractivity contribution in [3.63, 3.8) is 0 Å². The van der Waals surface area contributed by atoms with E-state index in [2.05, 4.69) is 11.4 Å². The van der Waals surface area contributed by atoms with Gasteiger partial charge in [0.1, 0.15) is 11.8 Å². The molecule has 5 heteroatoms. The van der Waals surface area contributed by atoms with E-state index in [-0.39, 0.29) is 18.4 Å². The van der Waals surface area contributed by atoms with Crippen molar-refractivity contribution in [1.29, 1.82) is 0 Å². The molecule has 2 aromatic rings. The Kier molecular flexibility index (Phi) is 8.90. The molecule has 0 aromatic heterocycles. The lowest BCUT2D eigenvalue weighted by molar-refractivity contribution is -0.142. The van der Waals surface area contributed by atoms with Crippen LogP contribution in [0.4, 0.5) is 0 Å². The van der Waals surface area contributed by atoms with Gasteiger partial charge in [-0.25, -0.2) is 0 Å². The highest BCUT2D eigenvalue weighted by Gasteiger charge is 2.28. The van der Waals surface area contributed by atoms with Crippen LogP contribution in [0, 0.1) is 20.8 Å². The first-order valence-electron chi connectivity index (χ1n) is 10.7. The summed E-state index contributed by atoms with van der Waals surface area (Å²) in [6, 6.07) is 13.5. The first-order chi connectivity index (χ1) is 14.4. The largest absolute Gasteiger partial charge is 0.483 e. The molecular formula is C25H34N2O3. The molecule has 0 aliphatic rings. The normalized spacial score (nSPS) is 11.6. The minimum absolute atomic E-state index is 0.0889. The van der Waals surface area contributed by atoms with E-state index in [1.807, 2.05) is 71.0 Å². The van der Waals surface area contributed by atoms with Gasteiger partial charge in [-0.3, -0.25) is 9.59 Å². The maximum Gasteiger partial charge on any atom is 0.261 e. The number of hydrogen-bond donors (Lipinski definition) is 1. The molecule has 1 atom stereocenters. The second-order valence-electron chi connectivity index (χ2n) is 7.63. The lowest BCUT2D eigenvalue weighted by atomic mass is 10.1. The number of aryl methyl sites for hydroxylation is 2. The number of ether oxygens (including phenoxy) is 1. The van der Waals surface area contributed by atoms with Crippen LogP contribution >= 0.6 is 0 Å². The van der Waals surface area contributed by atoms with Gasteiger partial charge in [0.2, 0.25) is 5.91 Å². The van der Waals surface area contributed by atoms with Gasteiger partial charge in [-0.15, -0.1) is 0 Å². The average Bonchev–Trinajstić information content (AvgIpc) is 2.73. The maximum absolute atomic E-state index is 13.1. The molecule has 2 aromatic carbocycles. The van der Waals surface area contributed by atoms with Crippen LogP contribution in [0.1, 0.15) is 42.5 Å². The van der Waals surface area contributed by atoms with Crippen LogP contribution in [0.3, 0.4) is 0 Å². The zero-order valence-electron chi connectivity index (χ0n) is 18.8. The molecule has 2 amide bonds. The van der Waals surface area contributed by atoms with Gasteiger partial charge >= 0.3 is 0 Å². The molecule has 0 aliphatic carbocycles. The van der Waals surface area contributed by atoms with Crippen molar-refractivity contribution in [3.8, 4) is 5.75 Å². The minimum atomic E-state index is -0.509. The molecule has 1 N–H and O–H groups in total. The van der Waals surface area contributed by atoms with Gasteiger partial charge in [0, 0.05) is 13.1 Å². The number of nitrogens with one attached hydrogen (secondary N) is 1. The van der Waals surface area contributed by atoms with Crippen LogP contribution in [0.25, 0.3) is 0 Å². The third-order valence-corrected chi connectivity index (χ3v) is 5.34. The van der Waals surface area contributed by atoms with Crippen molar-refractivity contribution in [3.05, 3.63) is 64.7 Å². The number of nitrogens with zero attached hydrogens (tertiary/aromatic N) is 1. The van der Waals surface area contributed by atoms with E-state index in [1.54, 1.807) is 4.90 Å². The van der Waals surface area contributed by atoms with Crippen molar-refractivity contribution in [2.45, 2.75) is 53.5 Å². The number of amides is 2. The van der Waals surface area contributed by atoms with Gasteiger partial charge in [-0.1, -0.05) is 43.3 Å². The fraction of sp³-hybridized carbons (Fsp3) is 0.440. The summed E-state index contributed by atoms with van der Waals surface area (Å²) in [6.07, 6.45) is 1.24. The van der Waals surface area contributed by atoms with Gasteiger partial charge in [0.15, 0.2) is 6.61 Å². The monoisotopic (exact) mass is 410 g/mol. The molecule has 0 bridgehead atoms. The Hall–Kier alpha value is -2.82. The third-order valence-electron chi connectivity index (χ3n) is 5.34. The Bertz CT molecular complexity index is 849.